The first-order valence-corrected chi connectivity index (χ1v) is 5.20. The Morgan fingerprint density at radius 2 is 2.18 bits per heavy atom. The van der Waals surface area contributed by atoms with Crippen molar-refractivity contribution < 1.29 is 19.8 Å². The van der Waals surface area contributed by atoms with E-state index in [9.17, 15) is 4.79 Å². The Balaban J connectivity index is 2.54. The molecule has 5 nitrogen and oxygen atoms in total. The van der Waals surface area contributed by atoms with Gasteiger partial charge in [-0.25, -0.2) is 4.79 Å². The molecule has 0 spiro atoms. The number of carboxylic acids is 1. The number of benzene rings is 1. The van der Waals surface area contributed by atoms with E-state index in [4.69, 9.17) is 15.1 Å². The Kier molecular flexibility index (Phi) is 2.53. The van der Waals surface area contributed by atoms with E-state index >= 15 is 0 Å². The van der Waals surface area contributed by atoms with Crippen molar-refractivity contribution in [3.63, 3.8) is 0 Å². The molecule has 0 saturated carbocycles. The maximum Gasteiger partial charge on any atom is 0.335 e. The first kappa shape index (κ1) is 11.4. The highest BCUT2D eigenvalue weighted by Crippen LogP contribution is 2.33. The number of fused-ring (bicyclic) bond motifs is 1. The lowest BCUT2D eigenvalue weighted by Crippen LogP contribution is -2.36. The molecule has 0 fully saturated rings. The maximum atomic E-state index is 10.9. The Morgan fingerprint density at radius 1 is 1.47 bits per heavy atom. The quantitative estimate of drug-likeness (QED) is 0.577. The van der Waals surface area contributed by atoms with Crippen molar-refractivity contribution in [2.24, 2.45) is 5.16 Å². The molecule has 2 N–H and O–H groups in total. The molecule has 0 aliphatic carbocycles. The van der Waals surface area contributed by atoms with Gasteiger partial charge in [0.2, 0.25) is 0 Å². The number of oxime groups is 1. The molecule has 17 heavy (non-hydrogen) atoms. The largest absolute Gasteiger partial charge is 0.487 e. The number of rotatable bonds is 1. The van der Waals surface area contributed by atoms with Gasteiger partial charge in [0.1, 0.15) is 11.4 Å². The zero-order valence-corrected chi connectivity index (χ0v) is 9.60. The molecule has 1 aliphatic rings. The van der Waals surface area contributed by atoms with Crippen LogP contribution in [0.15, 0.2) is 23.4 Å². The van der Waals surface area contributed by atoms with Crippen LogP contribution in [0.4, 0.5) is 0 Å². The molecular formula is C12H13NO4. The van der Waals surface area contributed by atoms with Crippen LogP contribution in [0.25, 0.3) is 0 Å². The lowest BCUT2D eigenvalue weighted by Gasteiger charge is -2.32. The zero-order chi connectivity index (χ0) is 12.6. The Morgan fingerprint density at radius 3 is 2.76 bits per heavy atom. The van der Waals surface area contributed by atoms with Crippen LogP contribution >= 0.6 is 0 Å². The van der Waals surface area contributed by atoms with Gasteiger partial charge in [-0.2, -0.15) is 0 Å². The molecule has 0 radical (unpaired) electrons. The summed E-state index contributed by atoms with van der Waals surface area (Å²) in [4.78, 5) is 10.9. The fourth-order valence-corrected chi connectivity index (χ4v) is 1.90. The zero-order valence-electron chi connectivity index (χ0n) is 9.60. The van der Waals surface area contributed by atoms with Crippen LogP contribution in [0.3, 0.4) is 0 Å². The molecule has 1 heterocycles. The smallest absolute Gasteiger partial charge is 0.335 e. The third-order valence-corrected chi connectivity index (χ3v) is 2.64. The van der Waals surface area contributed by atoms with Crippen LogP contribution in [0.2, 0.25) is 0 Å². The van der Waals surface area contributed by atoms with Crippen molar-refractivity contribution in [2.45, 2.75) is 25.9 Å². The minimum absolute atomic E-state index is 0.146. The molecule has 0 unspecified atom stereocenters. The van der Waals surface area contributed by atoms with Gasteiger partial charge >= 0.3 is 5.97 Å². The standard InChI is InChI=1S/C12H13NO4/c1-12(2)6-9(13-16)8-5-7(11(14)15)3-4-10(8)17-12/h3-5,16H,6H2,1-2H3,(H,14,15)/b13-9+. The average Bonchev–Trinajstić information content (AvgIpc) is 2.26. The lowest BCUT2D eigenvalue weighted by atomic mass is 9.91. The second-order valence-corrected chi connectivity index (χ2v) is 4.60. The fourth-order valence-electron chi connectivity index (χ4n) is 1.90. The number of carbonyl (C=O) groups is 1. The van der Waals surface area contributed by atoms with E-state index in [-0.39, 0.29) is 5.56 Å². The number of hydrogen-bond donors (Lipinski definition) is 2. The van der Waals surface area contributed by atoms with Gasteiger partial charge in [0, 0.05) is 12.0 Å². The highest BCUT2D eigenvalue weighted by molar-refractivity contribution is 6.05. The van der Waals surface area contributed by atoms with Gasteiger partial charge in [-0.3, -0.25) is 0 Å². The van der Waals surface area contributed by atoms with Gasteiger partial charge in [0.15, 0.2) is 0 Å². The van der Waals surface area contributed by atoms with E-state index in [1.54, 1.807) is 6.07 Å². The molecule has 90 valence electrons. The molecule has 1 aromatic carbocycles. The normalized spacial score (nSPS) is 19.5. The molecular weight excluding hydrogens is 222 g/mol. The molecule has 5 heteroatoms. The first-order chi connectivity index (χ1) is 7.93. The number of hydrogen-bond acceptors (Lipinski definition) is 4. The summed E-state index contributed by atoms with van der Waals surface area (Å²) < 4.78 is 5.70. The van der Waals surface area contributed by atoms with Crippen LogP contribution in [-0.2, 0) is 0 Å². The molecule has 0 atom stereocenters. The van der Waals surface area contributed by atoms with Gasteiger partial charge < -0.3 is 15.1 Å². The lowest BCUT2D eigenvalue weighted by molar-refractivity contribution is 0.0696. The van der Waals surface area contributed by atoms with Gasteiger partial charge in [-0.05, 0) is 32.0 Å². The van der Waals surface area contributed by atoms with E-state index in [1.807, 2.05) is 13.8 Å². The summed E-state index contributed by atoms with van der Waals surface area (Å²) in [6.45, 7) is 3.76. The summed E-state index contributed by atoms with van der Waals surface area (Å²) in [6.07, 6.45) is 0.430. The van der Waals surface area contributed by atoms with Gasteiger partial charge in [-0.1, -0.05) is 5.16 Å². The second-order valence-electron chi connectivity index (χ2n) is 4.60. The molecule has 0 amide bonds. The molecule has 0 saturated heterocycles. The predicted octanol–water partition coefficient (Wildman–Crippen LogP) is 2.12. The summed E-state index contributed by atoms with van der Waals surface area (Å²) >= 11 is 0. The van der Waals surface area contributed by atoms with E-state index in [0.29, 0.717) is 23.4 Å². The van der Waals surface area contributed by atoms with Crippen LogP contribution < -0.4 is 4.74 Å². The van der Waals surface area contributed by atoms with Gasteiger partial charge in [0.25, 0.3) is 0 Å². The number of aromatic carboxylic acids is 1. The van der Waals surface area contributed by atoms with Crippen molar-refractivity contribution in [1.82, 2.24) is 0 Å². The minimum Gasteiger partial charge on any atom is -0.487 e. The van der Waals surface area contributed by atoms with Crippen LogP contribution in [0.1, 0.15) is 36.2 Å². The van der Waals surface area contributed by atoms with Crippen molar-refractivity contribution in [1.29, 1.82) is 0 Å². The van der Waals surface area contributed by atoms with Gasteiger partial charge in [0.05, 0.1) is 11.3 Å². The van der Waals surface area contributed by atoms with Crippen molar-refractivity contribution in [3.8, 4) is 5.75 Å². The molecule has 0 aromatic heterocycles. The number of ether oxygens (including phenoxy) is 1. The summed E-state index contributed by atoms with van der Waals surface area (Å²) in [5, 5.41) is 21.1. The predicted molar refractivity (Wildman–Crippen MR) is 61.0 cm³/mol. The summed E-state index contributed by atoms with van der Waals surface area (Å²) in [5.74, 6) is -0.478. The average molecular weight is 235 g/mol. The second kappa shape index (κ2) is 3.76. The van der Waals surface area contributed by atoms with Crippen molar-refractivity contribution >= 4 is 11.7 Å². The van der Waals surface area contributed by atoms with E-state index in [2.05, 4.69) is 5.16 Å². The van der Waals surface area contributed by atoms with Crippen LogP contribution in [-0.4, -0.2) is 27.6 Å². The van der Waals surface area contributed by atoms with E-state index in [1.165, 1.54) is 12.1 Å². The maximum absolute atomic E-state index is 10.9. The first-order valence-electron chi connectivity index (χ1n) is 5.20. The highest BCUT2D eigenvalue weighted by Gasteiger charge is 2.31. The third kappa shape index (κ3) is 2.08. The summed E-state index contributed by atoms with van der Waals surface area (Å²) in [6, 6.07) is 4.52. The topological polar surface area (TPSA) is 79.1 Å². The van der Waals surface area contributed by atoms with Crippen LogP contribution in [0, 0.1) is 0 Å². The fraction of sp³-hybridized carbons (Fsp3) is 0.333. The SMILES string of the molecule is CC1(C)C/C(=N\O)c2cc(C(=O)O)ccc2O1. The molecule has 0 bridgehead atoms. The Bertz CT molecular complexity index is 505. The number of nitrogens with zero attached hydrogens (tertiary/aromatic N) is 1. The van der Waals surface area contributed by atoms with E-state index < -0.39 is 11.6 Å². The Labute approximate surface area is 98.3 Å². The summed E-state index contributed by atoms with van der Waals surface area (Å²) in [5.41, 5.74) is 0.665. The highest BCUT2D eigenvalue weighted by atomic mass is 16.5. The molecule has 2 rings (SSSR count). The Hall–Kier alpha value is -2.04. The van der Waals surface area contributed by atoms with Gasteiger partial charge in [-0.15, -0.1) is 0 Å². The van der Waals surface area contributed by atoms with Crippen molar-refractivity contribution in [2.75, 3.05) is 0 Å². The summed E-state index contributed by atoms with van der Waals surface area (Å²) in [7, 11) is 0. The minimum atomic E-state index is -1.02. The number of carboxylic acid groups (broad SMARTS) is 1. The monoisotopic (exact) mass is 235 g/mol. The third-order valence-electron chi connectivity index (χ3n) is 2.64. The van der Waals surface area contributed by atoms with Crippen LogP contribution in [0.5, 0.6) is 5.75 Å². The molecule has 1 aliphatic heterocycles. The molecule has 1 aromatic rings. The van der Waals surface area contributed by atoms with Crippen molar-refractivity contribution in [3.05, 3.63) is 29.3 Å². The van der Waals surface area contributed by atoms with E-state index in [0.717, 1.165) is 0 Å².